The Morgan fingerprint density at radius 2 is 1.78 bits per heavy atom. The van der Waals surface area contributed by atoms with Crippen LogP contribution in [-0.2, 0) is 16.1 Å². The highest BCUT2D eigenvalue weighted by atomic mass is 32.1. The fourth-order valence-electron chi connectivity index (χ4n) is 3.74. The summed E-state index contributed by atoms with van der Waals surface area (Å²) in [6, 6.07) is 10.8. The van der Waals surface area contributed by atoms with Crippen LogP contribution in [0.15, 0.2) is 47.3 Å². The molecule has 1 saturated heterocycles. The van der Waals surface area contributed by atoms with Crippen molar-refractivity contribution in [1.82, 2.24) is 14.5 Å². The van der Waals surface area contributed by atoms with Crippen molar-refractivity contribution in [1.29, 1.82) is 0 Å². The number of H-pyrrole nitrogens is 1. The number of methoxy groups -OCH3 is 1. The van der Waals surface area contributed by atoms with Gasteiger partial charge in [-0.05, 0) is 54.7 Å². The molecule has 0 atom stereocenters. The first-order valence-electron chi connectivity index (χ1n) is 10.0. The summed E-state index contributed by atoms with van der Waals surface area (Å²) in [5.41, 5.74) is 1.19. The molecule has 1 amide bonds. The van der Waals surface area contributed by atoms with Gasteiger partial charge in [0.15, 0.2) is 4.77 Å². The molecule has 1 N–H and O–H groups in total. The number of hydrogen-bond acceptors (Lipinski definition) is 6. The zero-order valence-corrected chi connectivity index (χ0v) is 18.2. The summed E-state index contributed by atoms with van der Waals surface area (Å²) in [6.07, 6.45) is 0. The lowest BCUT2D eigenvalue weighted by Crippen LogP contribution is -2.50. The Bertz CT molecular complexity index is 1290. The van der Waals surface area contributed by atoms with E-state index in [-0.39, 0.29) is 28.6 Å². The zero-order valence-electron chi connectivity index (χ0n) is 17.3. The molecule has 2 heterocycles. The van der Waals surface area contributed by atoms with Crippen molar-refractivity contribution < 1.29 is 18.7 Å². The number of piperazine rings is 1. The van der Waals surface area contributed by atoms with Crippen LogP contribution in [0.1, 0.15) is 10.4 Å². The van der Waals surface area contributed by atoms with E-state index in [1.165, 1.54) is 42.0 Å². The Labute approximate surface area is 187 Å². The number of anilines is 1. The van der Waals surface area contributed by atoms with Crippen LogP contribution in [0.4, 0.5) is 10.1 Å². The summed E-state index contributed by atoms with van der Waals surface area (Å²) < 4.78 is 19.2. The van der Waals surface area contributed by atoms with Crippen molar-refractivity contribution in [2.24, 2.45) is 0 Å². The van der Waals surface area contributed by atoms with Crippen LogP contribution in [0.3, 0.4) is 0 Å². The minimum atomic E-state index is -0.523. The molecule has 4 rings (SSSR count). The van der Waals surface area contributed by atoms with Crippen LogP contribution in [0.25, 0.3) is 10.9 Å². The summed E-state index contributed by atoms with van der Waals surface area (Å²) in [5.74, 6) is -1.03. The van der Waals surface area contributed by atoms with E-state index in [1.807, 2.05) is 0 Å². The quantitative estimate of drug-likeness (QED) is 0.479. The predicted molar refractivity (Wildman–Crippen MR) is 120 cm³/mol. The number of aromatic amines is 1. The lowest BCUT2D eigenvalue weighted by atomic mass is 10.1. The average molecular weight is 456 g/mol. The van der Waals surface area contributed by atoms with Gasteiger partial charge < -0.3 is 19.5 Å². The normalized spacial score (nSPS) is 13.9. The molecule has 166 valence electrons. The molecule has 1 aromatic heterocycles. The maximum atomic E-state index is 13.1. The number of amides is 1. The van der Waals surface area contributed by atoms with E-state index < -0.39 is 11.5 Å². The van der Waals surface area contributed by atoms with E-state index in [1.54, 1.807) is 17.0 Å². The minimum Gasteiger partial charge on any atom is -0.465 e. The molecule has 8 nitrogen and oxygen atoms in total. The van der Waals surface area contributed by atoms with Gasteiger partial charge in [-0.1, -0.05) is 0 Å². The fraction of sp³-hybridized carbons (Fsp3) is 0.273. The number of esters is 1. The number of benzene rings is 2. The van der Waals surface area contributed by atoms with Gasteiger partial charge in [0.25, 0.3) is 5.56 Å². The fourth-order valence-corrected chi connectivity index (χ4v) is 4.00. The molecule has 0 bridgehead atoms. The number of fused-ring (bicyclic) bond motifs is 1. The topological polar surface area (TPSA) is 87.6 Å². The van der Waals surface area contributed by atoms with E-state index in [9.17, 15) is 18.8 Å². The molecular weight excluding hydrogens is 435 g/mol. The van der Waals surface area contributed by atoms with Crippen molar-refractivity contribution in [2.75, 3.05) is 38.2 Å². The first kappa shape index (κ1) is 21.7. The number of ether oxygens (including phenoxy) is 1. The summed E-state index contributed by atoms with van der Waals surface area (Å²) in [4.78, 5) is 44.2. The third-order valence-corrected chi connectivity index (χ3v) is 5.84. The van der Waals surface area contributed by atoms with Gasteiger partial charge in [0, 0.05) is 31.9 Å². The lowest BCUT2D eigenvalue weighted by molar-refractivity contribution is -0.132. The monoisotopic (exact) mass is 456 g/mol. The summed E-state index contributed by atoms with van der Waals surface area (Å²) >= 11 is 5.30. The average Bonchev–Trinajstić information content (AvgIpc) is 2.81. The zero-order chi connectivity index (χ0) is 22.8. The molecule has 32 heavy (non-hydrogen) atoms. The van der Waals surface area contributed by atoms with Crippen LogP contribution in [0.2, 0.25) is 0 Å². The van der Waals surface area contributed by atoms with Gasteiger partial charge in [-0.25, -0.2) is 9.18 Å². The molecule has 0 unspecified atom stereocenters. The number of nitrogens with zero attached hydrogens (tertiary/aromatic N) is 3. The maximum Gasteiger partial charge on any atom is 0.337 e. The second-order valence-corrected chi connectivity index (χ2v) is 7.80. The number of carbonyl (C=O) groups excluding carboxylic acids is 2. The van der Waals surface area contributed by atoms with Crippen molar-refractivity contribution in [3.05, 3.63) is 69.0 Å². The second kappa shape index (κ2) is 8.91. The molecule has 0 spiro atoms. The molecule has 2 aromatic carbocycles. The van der Waals surface area contributed by atoms with E-state index in [2.05, 4.69) is 9.88 Å². The highest BCUT2D eigenvalue weighted by molar-refractivity contribution is 7.71. The van der Waals surface area contributed by atoms with Crippen LogP contribution < -0.4 is 10.5 Å². The van der Waals surface area contributed by atoms with Crippen LogP contribution in [0, 0.1) is 10.6 Å². The first-order valence-corrected chi connectivity index (χ1v) is 10.4. The lowest BCUT2D eigenvalue weighted by Gasteiger charge is -2.36. The minimum absolute atomic E-state index is 0.0998. The Hall–Kier alpha value is -3.53. The van der Waals surface area contributed by atoms with Crippen molar-refractivity contribution in [3.8, 4) is 0 Å². The molecular formula is C22H21FN4O4S. The highest BCUT2D eigenvalue weighted by Crippen LogP contribution is 2.17. The van der Waals surface area contributed by atoms with Gasteiger partial charge in [-0.15, -0.1) is 0 Å². The third-order valence-electron chi connectivity index (χ3n) is 5.52. The van der Waals surface area contributed by atoms with Gasteiger partial charge in [-0.3, -0.25) is 14.2 Å². The molecule has 1 fully saturated rings. The predicted octanol–water partition coefficient (Wildman–Crippen LogP) is 2.33. The first-order chi connectivity index (χ1) is 15.4. The number of nitrogens with one attached hydrogen (secondary N) is 1. The van der Waals surface area contributed by atoms with Crippen molar-refractivity contribution in [2.45, 2.75) is 6.54 Å². The van der Waals surface area contributed by atoms with Crippen molar-refractivity contribution in [3.63, 3.8) is 0 Å². The standard InChI is InChI=1S/C22H21FN4O4S/c1-31-21(30)14-2-7-17-18(12-14)24-22(32)27(20(17)29)13-19(28)26-10-8-25(9-11-26)16-5-3-15(23)4-6-16/h2-7,12H,8-11,13H2,1H3,(H,24,32). The molecule has 1 aliphatic rings. The Balaban J connectivity index is 1.49. The SMILES string of the molecule is COC(=O)c1ccc2c(=O)n(CC(=O)N3CCN(c4ccc(F)cc4)CC3)c(=S)[nH]c2c1. The maximum absolute atomic E-state index is 13.1. The summed E-state index contributed by atoms with van der Waals surface area (Å²) in [7, 11) is 1.28. The Morgan fingerprint density at radius 3 is 2.44 bits per heavy atom. The molecule has 0 radical (unpaired) electrons. The van der Waals surface area contributed by atoms with E-state index in [0.717, 1.165) is 5.69 Å². The second-order valence-electron chi connectivity index (χ2n) is 7.42. The van der Waals surface area contributed by atoms with Gasteiger partial charge in [-0.2, -0.15) is 0 Å². The smallest absolute Gasteiger partial charge is 0.337 e. The number of hydrogen-bond donors (Lipinski definition) is 1. The van der Waals surface area contributed by atoms with Crippen LogP contribution >= 0.6 is 12.2 Å². The number of halogens is 1. The van der Waals surface area contributed by atoms with E-state index in [0.29, 0.717) is 37.1 Å². The molecule has 0 saturated carbocycles. The number of carbonyl (C=O) groups is 2. The van der Waals surface area contributed by atoms with E-state index in [4.69, 9.17) is 17.0 Å². The summed E-state index contributed by atoms with van der Waals surface area (Å²) in [5, 5.41) is 0.320. The Morgan fingerprint density at radius 1 is 1.09 bits per heavy atom. The van der Waals surface area contributed by atoms with Crippen LogP contribution in [-0.4, -0.2) is 59.6 Å². The van der Waals surface area contributed by atoms with Crippen LogP contribution in [0.5, 0.6) is 0 Å². The third kappa shape index (κ3) is 4.26. The van der Waals surface area contributed by atoms with Gasteiger partial charge in [0.05, 0.1) is 23.6 Å². The number of aromatic nitrogens is 2. The molecule has 3 aromatic rings. The molecule has 1 aliphatic heterocycles. The largest absolute Gasteiger partial charge is 0.465 e. The molecule has 10 heteroatoms. The van der Waals surface area contributed by atoms with Gasteiger partial charge >= 0.3 is 5.97 Å². The molecule has 0 aliphatic carbocycles. The number of rotatable bonds is 4. The Kier molecular flexibility index (Phi) is 6.04. The van der Waals surface area contributed by atoms with Crippen molar-refractivity contribution >= 4 is 40.7 Å². The highest BCUT2D eigenvalue weighted by Gasteiger charge is 2.22. The van der Waals surface area contributed by atoms with Gasteiger partial charge in [0.2, 0.25) is 5.91 Å². The van der Waals surface area contributed by atoms with Gasteiger partial charge in [0.1, 0.15) is 12.4 Å². The van der Waals surface area contributed by atoms with E-state index >= 15 is 0 Å². The summed E-state index contributed by atoms with van der Waals surface area (Å²) in [6.45, 7) is 1.99.